The van der Waals surface area contributed by atoms with Crippen LogP contribution in [-0.2, 0) is 9.59 Å². The summed E-state index contributed by atoms with van der Waals surface area (Å²) in [6, 6.07) is 13.6. The first-order valence-corrected chi connectivity index (χ1v) is 18.9. The van der Waals surface area contributed by atoms with Gasteiger partial charge in [0.15, 0.2) is 11.4 Å². The lowest BCUT2D eigenvalue weighted by Gasteiger charge is -2.36. The first-order chi connectivity index (χ1) is 24.6. The molecule has 0 bridgehead atoms. The van der Waals surface area contributed by atoms with Gasteiger partial charge in [-0.3, -0.25) is 14.4 Å². The first-order valence-electron chi connectivity index (χ1n) is 18.5. The van der Waals surface area contributed by atoms with Crippen molar-refractivity contribution in [2.45, 2.75) is 90.6 Å². The Hall–Kier alpha value is -4.16. The number of likely N-dealkylation sites (tertiary alicyclic amines) is 1. The average Bonchev–Trinajstić information content (AvgIpc) is 3.13. The van der Waals surface area contributed by atoms with E-state index in [0.717, 1.165) is 70.9 Å². The molecule has 1 heterocycles. The van der Waals surface area contributed by atoms with Crippen molar-refractivity contribution in [1.82, 2.24) is 9.80 Å². The molecule has 1 fully saturated rings. The van der Waals surface area contributed by atoms with Crippen LogP contribution in [0.4, 0.5) is 0 Å². The highest BCUT2D eigenvalue weighted by atomic mass is 35.5. The molecule has 3 rings (SSSR count). The van der Waals surface area contributed by atoms with Crippen LogP contribution < -0.4 is 4.74 Å². The molecule has 2 amide bonds. The number of likely N-dealkylation sites (N-methyl/N-ethyl adjacent to an activating group) is 1. The average molecular weight is 713 g/mol. The molecule has 7 heteroatoms. The van der Waals surface area contributed by atoms with E-state index in [1.54, 1.807) is 67.3 Å². The Morgan fingerprint density at radius 1 is 0.784 bits per heavy atom. The third-order valence-corrected chi connectivity index (χ3v) is 9.13. The Balaban J connectivity index is 1.29. The number of carbonyl (C=O) groups excluding carboxylic acids is 3. The number of nitrogens with zero attached hydrogens (tertiary/aromatic N) is 2. The molecule has 274 valence electrons. The van der Waals surface area contributed by atoms with E-state index in [-0.39, 0.29) is 17.6 Å². The van der Waals surface area contributed by atoms with Crippen LogP contribution in [0.1, 0.15) is 101 Å². The second-order valence-corrected chi connectivity index (χ2v) is 14.0. The molecule has 2 aromatic carbocycles. The number of ketones is 1. The highest BCUT2D eigenvalue weighted by molar-refractivity contribution is 6.30. The zero-order valence-corrected chi connectivity index (χ0v) is 31.8. The van der Waals surface area contributed by atoms with Gasteiger partial charge in [-0.1, -0.05) is 79.3 Å². The summed E-state index contributed by atoms with van der Waals surface area (Å²) < 4.78 is 6.10. The van der Waals surface area contributed by atoms with E-state index < -0.39 is 5.60 Å². The van der Waals surface area contributed by atoms with Crippen LogP contribution in [0.3, 0.4) is 0 Å². The van der Waals surface area contributed by atoms with Gasteiger partial charge in [0, 0.05) is 49.3 Å². The van der Waals surface area contributed by atoms with Gasteiger partial charge in [0.25, 0.3) is 5.91 Å². The summed E-state index contributed by atoms with van der Waals surface area (Å²) in [7, 11) is 1.81. The lowest BCUT2D eigenvalue weighted by atomic mass is 9.95. The molecule has 51 heavy (non-hydrogen) atoms. The maximum absolute atomic E-state index is 13.4. The molecular weight excluding hydrogens is 656 g/mol. The van der Waals surface area contributed by atoms with Gasteiger partial charge < -0.3 is 14.5 Å². The highest BCUT2D eigenvalue weighted by Crippen LogP contribution is 2.24. The van der Waals surface area contributed by atoms with Gasteiger partial charge in [0.1, 0.15) is 5.75 Å². The third-order valence-electron chi connectivity index (χ3n) is 8.88. The van der Waals surface area contributed by atoms with Crippen LogP contribution in [0.25, 0.3) is 0 Å². The summed E-state index contributed by atoms with van der Waals surface area (Å²) in [4.78, 5) is 42.7. The van der Waals surface area contributed by atoms with Gasteiger partial charge >= 0.3 is 0 Å². The Morgan fingerprint density at radius 2 is 1.27 bits per heavy atom. The van der Waals surface area contributed by atoms with Crippen LogP contribution >= 0.6 is 11.6 Å². The van der Waals surface area contributed by atoms with E-state index in [0.29, 0.717) is 40.8 Å². The first kappa shape index (κ1) is 41.3. The number of rotatable bonds is 20. The predicted molar refractivity (Wildman–Crippen MR) is 211 cm³/mol. The summed E-state index contributed by atoms with van der Waals surface area (Å²) in [5.41, 5.74) is -0.00285. The van der Waals surface area contributed by atoms with E-state index in [9.17, 15) is 14.4 Å². The van der Waals surface area contributed by atoms with Crippen molar-refractivity contribution in [2.24, 2.45) is 5.92 Å². The van der Waals surface area contributed by atoms with E-state index in [4.69, 9.17) is 16.3 Å². The van der Waals surface area contributed by atoms with Crippen molar-refractivity contribution < 1.29 is 19.1 Å². The number of allylic oxidation sites excluding steroid dienone is 10. The Morgan fingerprint density at radius 3 is 1.80 bits per heavy atom. The van der Waals surface area contributed by atoms with Crippen LogP contribution in [0.2, 0.25) is 5.02 Å². The second kappa shape index (κ2) is 22.6. The molecule has 0 unspecified atom stereocenters. The summed E-state index contributed by atoms with van der Waals surface area (Å²) in [5.74, 6) is 0.848. The maximum atomic E-state index is 13.4. The number of hydrogen-bond donors (Lipinski definition) is 0. The monoisotopic (exact) mass is 712 g/mol. The predicted octanol–water partition coefficient (Wildman–Crippen LogP) is 10.3. The molecule has 0 spiro atoms. The fourth-order valence-corrected chi connectivity index (χ4v) is 6.10. The summed E-state index contributed by atoms with van der Waals surface area (Å²) in [6.07, 6.45) is 31.0. The molecule has 0 aliphatic carbocycles. The van der Waals surface area contributed by atoms with Crippen molar-refractivity contribution in [1.29, 1.82) is 0 Å². The van der Waals surface area contributed by atoms with Gasteiger partial charge in [-0.05, 0) is 126 Å². The van der Waals surface area contributed by atoms with Gasteiger partial charge in [0.2, 0.25) is 5.91 Å². The summed E-state index contributed by atoms with van der Waals surface area (Å²) in [5, 5.41) is 0.576. The minimum atomic E-state index is -1.08. The molecule has 6 nitrogen and oxygen atoms in total. The van der Waals surface area contributed by atoms with Crippen molar-refractivity contribution in [3.63, 3.8) is 0 Å². The maximum Gasteiger partial charge on any atom is 0.265 e. The minimum absolute atomic E-state index is 0.109. The zero-order valence-electron chi connectivity index (χ0n) is 31.1. The summed E-state index contributed by atoms with van der Waals surface area (Å²) in [6.45, 7) is 7.75. The van der Waals surface area contributed by atoms with E-state index in [2.05, 4.69) is 67.7 Å². The molecule has 1 saturated heterocycles. The number of amides is 2. The molecule has 0 N–H and O–H groups in total. The van der Waals surface area contributed by atoms with Gasteiger partial charge in [-0.15, -0.1) is 0 Å². The lowest BCUT2D eigenvalue weighted by Crippen LogP contribution is -2.49. The quantitative estimate of drug-likeness (QED) is 0.0779. The van der Waals surface area contributed by atoms with Crippen LogP contribution in [0, 0.1) is 5.92 Å². The number of piperidine rings is 1. The number of benzene rings is 2. The smallest absolute Gasteiger partial charge is 0.265 e. The van der Waals surface area contributed by atoms with Crippen molar-refractivity contribution >= 4 is 29.2 Å². The Labute approximate surface area is 311 Å². The van der Waals surface area contributed by atoms with E-state index >= 15 is 0 Å². The standard InChI is InChI=1S/C44H57ClN2O4/c1-5-6-7-8-9-10-11-12-13-14-15-16-17-18-19-20-21-22-41(48)47-33-31-36(32-34-47)35-46(4)43(50)44(2,3)51-40-29-25-38(26-30-40)42(49)37-23-27-39(45)28-24-37/h6-7,9-10,12-13,15-16,18-19,23-30,36H,5,8,11,14,17,20-22,31-35H2,1-4H3. The number of carbonyl (C=O) groups is 3. The number of unbranched alkanes of at least 4 members (excludes halogenated alkanes) is 1. The van der Waals surface area contributed by atoms with Gasteiger partial charge in [-0.25, -0.2) is 0 Å². The minimum Gasteiger partial charge on any atom is -0.478 e. The van der Waals surface area contributed by atoms with Gasteiger partial charge in [0.05, 0.1) is 0 Å². The third kappa shape index (κ3) is 15.3. The molecule has 1 aliphatic heterocycles. The van der Waals surface area contributed by atoms with Crippen LogP contribution in [-0.4, -0.2) is 59.7 Å². The fourth-order valence-electron chi connectivity index (χ4n) is 5.97. The zero-order chi connectivity index (χ0) is 36.9. The van der Waals surface area contributed by atoms with Crippen LogP contribution in [0.5, 0.6) is 5.75 Å². The van der Waals surface area contributed by atoms with Crippen molar-refractivity contribution in [3.8, 4) is 5.75 Å². The number of hydrogen-bond acceptors (Lipinski definition) is 4. The molecule has 0 radical (unpaired) electrons. The van der Waals surface area contributed by atoms with Crippen molar-refractivity contribution in [2.75, 3.05) is 26.7 Å². The highest BCUT2D eigenvalue weighted by Gasteiger charge is 2.34. The normalized spacial score (nSPS) is 14.5. The summed E-state index contributed by atoms with van der Waals surface area (Å²) >= 11 is 5.94. The molecule has 1 aliphatic rings. The van der Waals surface area contributed by atoms with E-state index in [1.807, 2.05) is 11.9 Å². The molecular formula is C44H57ClN2O4. The number of ether oxygens (including phenoxy) is 1. The van der Waals surface area contributed by atoms with Crippen LogP contribution in [0.15, 0.2) is 109 Å². The largest absolute Gasteiger partial charge is 0.478 e. The Kier molecular flexibility index (Phi) is 18.3. The Bertz CT molecular complexity index is 1510. The number of halogens is 1. The fraction of sp³-hybridized carbons (Fsp3) is 0.432. The second-order valence-electron chi connectivity index (χ2n) is 13.6. The molecule has 2 aromatic rings. The molecule has 0 atom stereocenters. The van der Waals surface area contributed by atoms with Gasteiger partial charge in [-0.2, -0.15) is 0 Å². The van der Waals surface area contributed by atoms with Crippen molar-refractivity contribution in [3.05, 3.63) is 125 Å². The SMILES string of the molecule is CCC=CCC=CCC=CCC=CCC=CCCCC(=O)N1CCC(CN(C)C(=O)C(C)(C)Oc2ccc(C(=O)c3ccc(Cl)cc3)cc2)CC1. The molecule has 0 saturated carbocycles. The topological polar surface area (TPSA) is 66.9 Å². The molecule has 0 aromatic heterocycles. The van der Waals surface area contributed by atoms with E-state index in [1.165, 1.54) is 0 Å². The lowest BCUT2D eigenvalue weighted by molar-refractivity contribution is -0.145.